The van der Waals surface area contributed by atoms with Gasteiger partial charge in [-0.15, -0.1) is 0 Å². The fraction of sp³-hybridized carbons (Fsp3) is 1.00. The second kappa shape index (κ2) is 9.17. The van der Waals surface area contributed by atoms with Crippen LogP contribution in [0.25, 0.3) is 0 Å². The highest BCUT2D eigenvalue weighted by Gasteiger charge is 2.11. The smallest absolute Gasteiger partial charge is 0.00868 e. The summed E-state index contributed by atoms with van der Waals surface area (Å²) >= 11 is 0. The summed E-state index contributed by atoms with van der Waals surface area (Å²) in [5.41, 5.74) is 0. The maximum atomic E-state index is 3.19. The largest absolute Gasteiger partial charge is 0.320 e. The Bertz CT molecular complexity index is 134. The van der Waals surface area contributed by atoms with E-state index in [0.717, 1.165) is 12.5 Å². The molecule has 15 heavy (non-hydrogen) atoms. The van der Waals surface area contributed by atoms with Crippen LogP contribution in [0.15, 0.2) is 0 Å². The van der Waals surface area contributed by atoms with Crippen LogP contribution in [0.2, 0.25) is 0 Å². The maximum absolute atomic E-state index is 3.19. The van der Waals surface area contributed by atoms with Crippen LogP contribution in [-0.2, 0) is 0 Å². The minimum absolute atomic E-state index is 0.710. The lowest BCUT2D eigenvalue weighted by atomic mass is 10.0. The van der Waals surface area contributed by atoms with Crippen molar-refractivity contribution in [2.24, 2.45) is 5.92 Å². The molecule has 0 aromatic heterocycles. The first-order chi connectivity index (χ1) is 7.09. The standard InChI is InChI=1S/C13H30N2/c1-12(2)13(3)15(5)11-9-7-6-8-10-14-4/h12-14H,6-11H2,1-5H3. The van der Waals surface area contributed by atoms with Crippen LogP contribution >= 0.6 is 0 Å². The van der Waals surface area contributed by atoms with Gasteiger partial charge in [-0.2, -0.15) is 0 Å². The van der Waals surface area contributed by atoms with Crippen LogP contribution in [0, 0.1) is 5.92 Å². The summed E-state index contributed by atoms with van der Waals surface area (Å²) in [5.74, 6) is 0.763. The van der Waals surface area contributed by atoms with E-state index in [1.165, 1.54) is 32.2 Å². The van der Waals surface area contributed by atoms with Crippen molar-refractivity contribution in [2.45, 2.75) is 52.5 Å². The highest BCUT2D eigenvalue weighted by molar-refractivity contribution is 4.66. The van der Waals surface area contributed by atoms with Crippen LogP contribution < -0.4 is 5.32 Å². The van der Waals surface area contributed by atoms with Gasteiger partial charge in [0.05, 0.1) is 0 Å². The normalized spacial score (nSPS) is 13.8. The Labute approximate surface area is 96.4 Å². The zero-order valence-corrected chi connectivity index (χ0v) is 11.3. The molecule has 0 amide bonds. The molecule has 2 nitrogen and oxygen atoms in total. The van der Waals surface area contributed by atoms with Gasteiger partial charge in [0.1, 0.15) is 0 Å². The fourth-order valence-corrected chi connectivity index (χ4v) is 1.73. The molecule has 1 unspecified atom stereocenters. The Morgan fingerprint density at radius 1 is 1.00 bits per heavy atom. The lowest BCUT2D eigenvalue weighted by molar-refractivity contribution is 0.204. The number of hydrogen-bond donors (Lipinski definition) is 1. The topological polar surface area (TPSA) is 15.3 Å². The van der Waals surface area contributed by atoms with E-state index in [2.05, 4.69) is 38.0 Å². The van der Waals surface area contributed by atoms with Gasteiger partial charge in [-0.3, -0.25) is 0 Å². The van der Waals surface area contributed by atoms with Crippen molar-refractivity contribution in [3.05, 3.63) is 0 Å². The van der Waals surface area contributed by atoms with E-state index in [4.69, 9.17) is 0 Å². The van der Waals surface area contributed by atoms with E-state index >= 15 is 0 Å². The first kappa shape index (κ1) is 14.9. The van der Waals surface area contributed by atoms with Gasteiger partial charge >= 0.3 is 0 Å². The molecule has 2 heteroatoms. The second-order valence-electron chi connectivity index (χ2n) is 4.98. The van der Waals surface area contributed by atoms with Crippen molar-refractivity contribution < 1.29 is 0 Å². The van der Waals surface area contributed by atoms with Crippen LogP contribution in [0.4, 0.5) is 0 Å². The van der Waals surface area contributed by atoms with E-state index < -0.39 is 0 Å². The molecule has 0 radical (unpaired) electrons. The van der Waals surface area contributed by atoms with Gasteiger partial charge in [0, 0.05) is 6.04 Å². The lowest BCUT2D eigenvalue weighted by Gasteiger charge is -2.27. The van der Waals surface area contributed by atoms with Crippen molar-refractivity contribution in [2.75, 3.05) is 27.2 Å². The monoisotopic (exact) mass is 214 g/mol. The van der Waals surface area contributed by atoms with E-state index in [-0.39, 0.29) is 0 Å². The van der Waals surface area contributed by atoms with Crippen LogP contribution in [0.1, 0.15) is 46.5 Å². The SMILES string of the molecule is CNCCCCCCN(C)C(C)C(C)C. The van der Waals surface area contributed by atoms with Crippen LogP contribution in [-0.4, -0.2) is 38.1 Å². The summed E-state index contributed by atoms with van der Waals surface area (Å²) in [5, 5.41) is 3.19. The molecule has 0 saturated carbocycles. The van der Waals surface area contributed by atoms with Gasteiger partial charge < -0.3 is 10.2 Å². The van der Waals surface area contributed by atoms with Gasteiger partial charge in [0.15, 0.2) is 0 Å². The minimum Gasteiger partial charge on any atom is -0.320 e. The van der Waals surface area contributed by atoms with E-state index in [1.54, 1.807) is 0 Å². The number of nitrogens with zero attached hydrogens (tertiary/aromatic N) is 1. The molecule has 0 aliphatic carbocycles. The first-order valence-corrected chi connectivity index (χ1v) is 6.44. The third-order valence-corrected chi connectivity index (χ3v) is 3.35. The van der Waals surface area contributed by atoms with Crippen molar-refractivity contribution in [3.8, 4) is 0 Å². The fourth-order valence-electron chi connectivity index (χ4n) is 1.73. The predicted octanol–water partition coefficient (Wildman–Crippen LogP) is 2.74. The Morgan fingerprint density at radius 3 is 2.13 bits per heavy atom. The van der Waals surface area contributed by atoms with Crippen molar-refractivity contribution in [3.63, 3.8) is 0 Å². The van der Waals surface area contributed by atoms with E-state index in [9.17, 15) is 0 Å². The summed E-state index contributed by atoms with van der Waals surface area (Å²) in [4.78, 5) is 2.49. The molecule has 0 aliphatic heterocycles. The average molecular weight is 214 g/mol. The van der Waals surface area contributed by atoms with Gasteiger partial charge in [0.2, 0.25) is 0 Å². The Hall–Kier alpha value is -0.0800. The highest BCUT2D eigenvalue weighted by Crippen LogP contribution is 2.09. The molecule has 0 saturated heterocycles. The first-order valence-electron chi connectivity index (χ1n) is 6.44. The van der Waals surface area contributed by atoms with Gasteiger partial charge in [-0.1, -0.05) is 26.7 Å². The quantitative estimate of drug-likeness (QED) is 0.594. The Balaban J connectivity index is 3.34. The van der Waals surface area contributed by atoms with Gasteiger partial charge in [0.25, 0.3) is 0 Å². The zero-order chi connectivity index (χ0) is 11.7. The molecule has 0 rings (SSSR count). The van der Waals surface area contributed by atoms with E-state index in [0.29, 0.717) is 6.04 Å². The number of unbranched alkanes of at least 4 members (excludes halogenated alkanes) is 3. The van der Waals surface area contributed by atoms with Crippen molar-refractivity contribution in [1.29, 1.82) is 0 Å². The lowest BCUT2D eigenvalue weighted by Crippen LogP contribution is -2.33. The number of nitrogens with one attached hydrogen (secondary N) is 1. The van der Waals surface area contributed by atoms with Gasteiger partial charge in [-0.25, -0.2) is 0 Å². The molecule has 0 bridgehead atoms. The summed E-state index contributed by atoms with van der Waals surface area (Å²) in [7, 11) is 4.27. The number of hydrogen-bond acceptors (Lipinski definition) is 2. The summed E-state index contributed by atoms with van der Waals surface area (Å²) < 4.78 is 0. The van der Waals surface area contributed by atoms with Crippen molar-refractivity contribution in [1.82, 2.24) is 10.2 Å². The maximum Gasteiger partial charge on any atom is 0.00868 e. The molecule has 0 aromatic carbocycles. The zero-order valence-electron chi connectivity index (χ0n) is 11.3. The molecule has 0 heterocycles. The minimum atomic E-state index is 0.710. The predicted molar refractivity (Wildman–Crippen MR) is 69.3 cm³/mol. The third-order valence-electron chi connectivity index (χ3n) is 3.35. The molecular formula is C13H30N2. The summed E-state index contributed by atoms with van der Waals surface area (Å²) in [6, 6.07) is 0.710. The summed E-state index contributed by atoms with van der Waals surface area (Å²) in [6.45, 7) is 9.34. The Morgan fingerprint density at radius 2 is 1.60 bits per heavy atom. The second-order valence-corrected chi connectivity index (χ2v) is 4.98. The van der Waals surface area contributed by atoms with Crippen LogP contribution in [0.5, 0.6) is 0 Å². The van der Waals surface area contributed by atoms with Gasteiger partial charge in [-0.05, 0) is 52.9 Å². The third kappa shape index (κ3) is 7.80. The Kier molecular flexibility index (Phi) is 9.12. The van der Waals surface area contributed by atoms with E-state index in [1.807, 2.05) is 7.05 Å². The average Bonchev–Trinajstić information content (AvgIpc) is 2.21. The molecule has 0 spiro atoms. The molecule has 0 aromatic rings. The molecule has 92 valence electrons. The molecular weight excluding hydrogens is 184 g/mol. The molecule has 1 atom stereocenters. The van der Waals surface area contributed by atoms with Crippen LogP contribution in [0.3, 0.4) is 0 Å². The molecule has 0 aliphatic rings. The molecule has 0 fully saturated rings. The number of rotatable bonds is 9. The highest BCUT2D eigenvalue weighted by atomic mass is 15.1. The molecule has 1 N–H and O–H groups in total. The van der Waals surface area contributed by atoms with Crippen molar-refractivity contribution >= 4 is 0 Å². The summed E-state index contributed by atoms with van der Waals surface area (Å²) in [6.07, 6.45) is 5.40.